The molecule has 2 aromatic carbocycles. The Bertz CT molecular complexity index is 550. The van der Waals surface area contributed by atoms with Crippen molar-refractivity contribution in [1.29, 1.82) is 0 Å². The molecule has 0 radical (unpaired) electrons. The third kappa shape index (κ3) is 6.83. The molecule has 0 bridgehead atoms. The lowest BCUT2D eigenvalue weighted by molar-refractivity contribution is 0.411. The van der Waals surface area contributed by atoms with E-state index in [1.54, 1.807) is 0 Å². The molecule has 0 fully saturated rings. The number of rotatable bonds is 4. The van der Waals surface area contributed by atoms with Gasteiger partial charge in [-0.1, -0.05) is 77.6 Å². The molecule has 0 aliphatic carbocycles. The maximum atomic E-state index is 2.29. The highest BCUT2D eigenvalue weighted by Crippen LogP contribution is 2.30. The lowest BCUT2D eigenvalue weighted by atomic mass is 9.88. The lowest BCUT2D eigenvalue weighted by Gasteiger charge is -2.18. The summed E-state index contributed by atoms with van der Waals surface area (Å²) in [5.41, 5.74) is 3.53. The van der Waals surface area contributed by atoms with Crippen LogP contribution in [0.3, 0.4) is 0 Å². The van der Waals surface area contributed by atoms with Crippen LogP contribution in [0.1, 0.15) is 52.7 Å². The SMILES string of the molecule is CC(C)(C)Cc1ccc(Sc2ccc(CC(C)(C)C)cc2)cc1. The predicted octanol–water partition coefficient (Wildman–Crippen LogP) is 7.02. The van der Waals surface area contributed by atoms with E-state index in [0.717, 1.165) is 12.8 Å². The van der Waals surface area contributed by atoms with E-state index in [9.17, 15) is 0 Å². The second-order valence-electron chi connectivity index (χ2n) is 8.86. The van der Waals surface area contributed by atoms with Crippen LogP contribution >= 0.6 is 11.8 Å². The van der Waals surface area contributed by atoms with E-state index in [-0.39, 0.29) is 0 Å². The Morgan fingerprint density at radius 1 is 0.565 bits per heavy atom. The van der Waals surface area contributed by atoms with Gasteiger partial charge in [0.05, 0.1) is 0 Å². The Kier molecular flexibility index (Phi) is 5.62. The van der Waals surface area contributed by atoms with Gasteiger partial charge in [-0.3, -0.25) is 0 Å². The van der Waals surface area contributed by atoms with Crippen LogP contribution in [0.2, 0.25) is 0 Å². The summed E-state index contributed by atoms with van der Waals surface area (Å²) in [6.07, 6.45) is 2.25. The van der Waals surface area contributed by atoms with Gasteiger partial charge in [0.2, 0.25) is 0 Å². The highest BCUT2D eigenvalue weighted by atomic mass is 32.2. The molecule has 0 saturated heterocycles. The first-order chi connectivity index (χ1) is 10.6. The smallest absolute Gasteiger partial charge is 0.0122 e. The van der Waals surface area contributed by atoms with Crippen molar-refractivity contribution in [3.8, 4) is 0 Å². The van der Waals surface area contributed by atoms with Gasteiger partial charge in [-0.25, -0.2) is 0 Å². The molecule has 0 amide bonds. The molecule has 23 heavy (non-hydrogen) atoms. The first-order valence-electron chi connectivity index (χ1n) is 8.47. The van der Waals surface area contributed by atoms with E-state index in [1.165, 1.54) is 20.9 Å². The topological polar surface area (TPSA) is 0 Å². The average Bonchev–Trinajstić information content (AvgIpc) is 2.40. The summed E-state index contributed by atoms with van der Waals surface area (Å²) >= 11 is 1.84. The first kappa shape index (κ1) is 18.1. The van der Waals surface area contributed by atoms with Gasteiger partial charge in [0.25, 0.3) is 0 Å². The van der Waals surface area contributed by atoms with Crippen LogP contribution in [0.15, 0.2) is 58.3 Å². The third-order valence-corrected chi connectivity index (χ3v) is 4.57. The van der Waals surface area contributed by atoms with Crippen LogP contribution < -0.4 is 0 Å². The summed E-state index contributed by atoms with van der Waals surface area (Å²) in [6.45, 7) is 13.7. The maximum Gasteiger partial charge on any atom is 0.0122 e. The van der Waals surface area contributed by atoms with Gasteiger partial charge in [0.1, 0.15) is 0 Å². The number of benzene rings is 2. The largest absolute Gasteiger partial charge is 0.0901 e. The summed E-state index contributed by atoms with van der Waals surface area (Å²) in [7, 11) is 0. The van der Waals surface area contributed by atoms with Crippen molar-refractivity contribution in [2.24, 2.45) is 10.8 Å². The number of hydrogen-bond donors (Lipinski definition) is 0. The van der Waals surface area contributed by atoms with Gasteiger partial charge in [-0.2, -0.15) is 0 Å². The quantitative estimate of drug-likeness (QED) is 0.582. The van der Waals surface area contributed by atoms with Crippen molar-refractivity contribution in [3.63, 3.8) is 0 Å². The van der Waals surface area contributed by atoms with E-state index < -0.39 is 0 Å². The molecule has 0 aliphatic rings. The van der Waals surface area contributed by atoms with Crippen LogP contribution in [0.5, 0.6) is 0 Å². The molecule has 0 N–H and O–H groups in total. The second-order valence-corrected chi connectivity index (χ2v) is 10.0. The molecule has 0 spiro atoms. The summed E-state index contributed by atoms with van der Waals surface area (Å²) in [5.74, 6) is 0. The molecule has 0 unspecified atom stereocenters. The summed E-state index contributed by atoms with van der Waals surface area (Å²) < 4.78 is 0. The zero-order valence-corrected chi connectivity index (χ0v) is 16.3. The van der Waals surface area contributed by atoms with E-state index in [1.807, 2.05) is 11.8 Å². The van der Waals surface area contributed by atoms with Gasteiger partial charge in [-0.15, -0.1) is 0 Å². The molecule has 0 heterocycles. The van der Waals surface area contributed by atoms with Crippen molar-refractivity contribution in [2.75, 3.05) is 0 Å². The maximum absolute atomic E-state index is 2.29. The molecule has 1 heteroatoms. The molecular formula is C22H30S. The zero-order valence-electron chi connectivity index (χ0n) is 15.4. The van der Waals surface area contributed by atoms with E-state index in [0.29, 0.717) is 10.8 Å². The van der Waals surface area contributed by atoms with Crippen LogP contribution in [0, 0.1) is 10.8 Å². The Hall–Kier alpha value is -1.21. The van der Waals surface area contributed by atoms with Crippen LogP contribution in [-0.4, -0.2) is 0 Å². The molecule has 124 valence electrons. The monoisotopic (exact) mass is 326 g/mol. The molecule has 0 saturated carbocycles. The lowest BCUT2D eigenvalue weighted by Crippen LogP contribution is -2.08. The van der Waals surface area contributed by atoms with Gasteiger partial charge >= 0.3 is 0 Å². The molecule has 0 atom stereocenters. The van der Waals surface area contributed by atoms with Crippen molar-refractivity contribution in [1.82, 2.24) is 0 Å². The highest BCUT2D eigenvalue weighted by Gasteiger charge is 2.12. The summed E-state index contributed by atoms with van der Waals surface area (Å²) in [5, 5.41) is 0. The van der Waals surface area contributed by atoms with Gasteiger partial charge in [0.15, 0.2) is 0 Å². The summed E-state index contributed by atoms with van der Waals surface area (Å²) in [6, 6.07) is 18.0. The normalized spacial score (nSPS) is 12.4. The molecule has 0 aromatic heterocycles. The van der Waals surface area contributed by atoms with Gasteiger partial charge in [0, 0.05) is 9.79 Å². The number of hydrogen-bond acceptors (Lipinski definition) is 1. The average molecular weight is 327 g/mol. The van der Waals surface area contributed by atoms with Crippen LogP contribution in [0.4, 0.5) is 0 Å². The van der Waals surface area contributed by atoms with Gasteiger partial charge < -0.3 is 0 Å². The van der Waals surface area contributed by atoms with Crippen LogP contribution in [0.25, 0.3) is 0 Å². The first-order valence-corrected chi connectivity index (χ1v) is 9.28. The Morgan fingerprint density at radius 2 is 0.870 bits per heavy atom. The minimum absolute atomic E-state index is 0.345. The van der Waals surface area contributed by atoms with Crippen molar-refractivity contribution < 1.29 is 0 Å². The molecule has 2 aromatic rings. The summed E-state index contributed by atoms with van der Waals surface area (Å²) in [4.78, 5) is 2.62. The fraction of sp³-hybridized carbons (Fsp3) is 0.455. The van der Waals surface area contributed by atoms with Gasteiger partial charge in [-0.05, 0) is 59.1 Å². The van der Waals surface area contributed by atoms with Crippen molar-refractivity contribution >= 4 is 11.8 Å². The highest BCUT2D eigenvalue weighted by molar-refractivity contribution is 7.99. The van der Waals surface area contributed by atoms with Crippen molar-refractivity contribution in [3.05, 3.63) is 59.7 Å². The van der Waals surface area contributed by atoms with E-state index in [4.69, 9.17) is 0 Å². The minimum atomic E-state index is 0.345. The van der Waals surface area contributed by atoms with E-state index in [2.05, 4.69) is 90.1 Å². The fourth-order valence-corrected chi connectivity index (χ4v) is 3.53. The zero-order chi connectivity index (χ0) is 17.1. The molecular weight excluding hydrogens is 296 g/mol. The van der Waals surface area contributed by atoms with Crippen LogP contribution in [-0.2, 0) is 12.8 Å². The second kappa shape index (κ2) is 7.13. The predicted molar refractivity (Wildman–Crippen MR) is 103 cm³/mol. The standard InChI is InChI=1S/C22H30S/c1-21(2,3)15-17-7-11-19(12-8-17)23-20-13-9-18(10-14-20)16-22(4,5)6/h7-14H,15-16H2,1-6H3. The molecule has 0 aliphatic heterocycles. The molecule has 0 nitrogen and oxygen atoms in total. The van der Waals surface area contributed by atoms with Crippen molar-refractivity contribution in [2.45, 2.75) is 64.2 Å². The third-order valence-electron chi connectivity index (χ3n) is 3.55. The fourth-order valence-electron chi connectivity index (χ4n) is 2.71. The van der Waals surface area contributed by atoms with E-state index >= 15 is 0 Å². The minimum Gasteiger partial charge on any atom is -0.0901 e. The Labute approximate surface area is 146 Å². The Balaban J connectivity index is 1.99. The molecule has 2 rings (SSSR count). The Morgan fingerprint density at radius 3 is 1.13 bits per heavy atom.